The highest BCUT2D eigenvalue weighted by Crippen LogP contribution is 2.18. The number of nitrogens with zero attached hydrogens (tertiary/aromatic N) is 2. The summed E-state index contributed by atoms with van der Waals surface area (Å²) in [6.45, 7) is 2.04. The first-order valence-electron chi connectivity index (χ1n) is 10.4. The van der Waals surface area contributed by atoms with Crippen molar-refractivity contribution in [3.8, 4) is 0 Å². The fourth-order valence-corrected chi connectivity index (χ4v) is 4.98. The summed E-state index contributed by atoms with van der Waals surface area (Å²) in [6.07, 6.45) is 0.0944. The van der Waals surface area contributed by atoms with Crippen LogP contribution in [0, 0.1) is 6.92 Å². The van der Waals surface area contributed by atoms with Gasteiger partial charge in [0.25, 0.3) is 5.91 Å². The molecule has 0 aliphatic rings. The molecule has 0 fully saturated rings. The number of aryl methyl sites for hydroxylation is 1. The van der Waals surface area contributed by atoms with Crippen molar-refractivity contribution in [2.75, 3.05) is 7.05 Å². The molecule has 1 heterocycles. The van der Waals surface area contributed by atoms with Crippen LogP contribution in [0.3, 0.4) is 0 Å². The molecule has 1 amide bonds. The zero-order chi connectivity index (χ0) is 24.7. The van der Waals surface area contributed by atoms with Crippen molar-refractivity contribution < 1.29 is 23.1 Å². The van der Waals surface area contributed by atoms with Crippen LogP contribution in [0.1, 0.15) is 39.2 Å². The van der Waals surface area contributed by atoms with Crippen LogP contribution < -0.4 is 5.43 Å². The number of rotatable bonds is 10. The second-order valence-electron chi connectivity index (χ2n) is 7.64. The number of benzene rings is 2. The molecule has 0 atom stereocenters. The summed E-state index contributed by atoms with van der Waals surface area (Å²) in [5.74, 6) is -1.39. The van der Waals surface area contributed by atoms with Crippen molar-refractivity contribution in [2.45, 2.75) is 31.2 Å². The molecule has 0 aliphatic carbocycles. The molecule has 34 heavy (non-hydrogen) atoms. The van der Waals surface area contributed by atoms with Crippen molar-refractivity contribution in [1.29, 1.82) is 0 Å². The molecule has 3 aromatic rings. The molecular formula is C24H25N3O5S2. The van der Waals surface area contributed by atoms with Gasteiger partial charge in [-0.3, -0.25) is 9.59 Å². The van der Waals surface area contributed by atoms with Crippen molar-refractivity contribution in [1.82, 2.24) is 9.73 Å². The van der Waals surface area contributed by atoms with E-state index in [1.807, 2.05) is 24.4 Å². The number of carboxylic acids is 1. The summed E-state index contributed by atoms with van der Waals surface area (Å²) in [5, 5.41) is 14.9. The number of carbonyl (C=O) groups is 2. The van der Waals surface area contributed by atoms with Gasteiger partial charge in [0.05, 0.1) is 21.9 Å². The number of carboxylic acid groups (broad SMARTS) is 1. The highest BCUT2D eigenvalue weighted by molar-refractivity contribution is 7.89. The van der Waals surface area contributed by atoms with E-state index >= 15 is 0 Å². The fourth-order valence-electron chi connectivity index (χ4n) is 3.08. The molecule has 0 saturated carbocycles. The average molecular weight is 500 g/mol. The van der Waals surface area contributed by atoms with E-state index in [1.165, 1.54) is 22.7 Å². The molecule has 178 valence electrons. The highest BCUT2D eigenvalue weighted by atomic mass is 32.2. The van der Waals surface area contributed by atoms with Crippen molar-refractivity contribution in [3.63, 3.8) is 0 Å². The third-order valence-electron chi connectivity index (χ3n) is 5.02. The van der Waals surface area contributed by atoms with Gasteiger partial charge >= 0.3 is 5.97 Å². The van der Waals surface area contributed by atoms with Gasteiger partial charge in [-0.2, -0.15) is 9.41 Å². The van der Waals surface area contributed by atoms with Gasteiger partial charge in [0.1, 0.15) is 0 Å². The van der Waals surface area contributed by atoms with Gasteiger partial charge in [-0.05, 0) is 48.2 Å². The van der Waals surface area contributed by atoms with Gasteiger partial charge < -0.3 is 5.11 Å². The molecule has 2 N–H and O–H groups in total. The van der Waals surface area contributed by atoms with E-state index in [2.05, 4.69) is 10.5 Å². The van der Waals surface area contributed by atoms with E-state index in [0.717, 1.165) is 16.0 Å². The number of sulfonamides is 1. The topological polar surface area (TPSA) is 116 Å². The number of thiophene rings is 1. The smallest absolute Gasteiger partial charge is 0.303 e. The summed E-state index contributed by atoms with van der Waals surface area (Å²) in [7, 11) is -2.13. The standard InChI is InChI=1S/C24H25N3O5S2/c1-17-5-11-20(12-6-17)34(31,32)27(2)16-18-7-9-19(10-8-18)24(30)26-25-21(13-14-23(28)29)22-4-3-15-33-22/h3-12,15H,13-14,16H2,1-2H3,(H,26,30)(H,28,29)/b25-21+. The Morgan fingerprint density at radius 2 is 1.71 bits per heavy atom. The largest absolute Gasteiger partial charge is 0.481 e. The van der Waals surface area contributed by atoms with Crippen LogP contribution in [0.15, 0.2) is 76.0 Å². The van der Waals surface area contributed by atoms with Gasteiger partial charge in [-0.15, -0.1) is 11.3 Å². The maximum Gasteiger partial charge on any atom is 0.303 e. The van der Waals surface area contributed by atoms with Gasteiger partial charge in [-0.25, -0.2) is 13.8 Å². The Morgan fingerprint density at radius 3 is 2.29 bits per heavy atom. The van der Waals surface area contributed by atoms with Gasteiger partial charge in [0, 0.05) is 25.6 Å². The Labute approximate surface area is 202 Å². The molecule has 2 aromatic carbocycles. The lowest BCUT2D eigenvalue weighted by atomic mass is 10.1. The summed E-state index contributed by atoms with van der Waals surface area (Å²) >= 11 is 1.41. The summed E-state index contributed by atoms with van der Waals surface area (Å²) in [4.78, 5) is 24.4. The first-order chi connectivity index (χ1) is 16.2. The predicted molar refractivity (Wildman–Crippen MR) is 131 cm³/mol. The van der Waals surface area contributed by atoms with Gasteiger partial charge in [-0.1, -0.05) is 35.9 Å². The number of amides is 1. The van der Waals surface area contributed by atoms with Crippen molar-refractivity contribution >= 4 is 38.9 Å². The zero-order valence-corrected chi connectivity index (χ0v) is 20.4. The molecular weight excluding hydrogens is 474 g/mol. The van der Waals surface area contributed by atoms with E-state index in [4.69, 9.17) is 5.11 Å². The lowest BCUT2D eigenvalue weighted by Crippen LogP contribution is -2.26. The van der Waals surface area contributed by atoms with E-state index in [-0.39, 0.29) is 24.3 Å². The normalized spacial score (nSPS) is 12.0. The van der Waals surface area contributed by atoms with E-state index in [0.29, 0.717) is 11.3 Å². The second kappa shape index (κ2) is 11.2. The number of aliphatic carboxylic acids is 1. The number of carbonyl (C=O) groups excluding carboxylic acids is 1. The molecule has 10 heteroatoms. The van der Waals surface area contributed by atoms with Gasteiger partial charge in [0.2, 0.25) is 10.0 Å². The molecule has 0 aliphatic heterocycles. The Hall–Kier alpha value is -3.34. The molecule has 3 rings (SSSR count). The second-order valence-corrected chi connectivity index (χ2v) is 10.6. The molecule has 8 nitrogen and oxygen atoms in total. The Morgan fingerprint density at radius 1 is 1.03 bits per heavy atom. The van der Waals surface area contributed by atoms with Gasteiger partial charge in [0.15, 0.2) is 0 Å². The van der Waals surface area contributed by atoms with Crippen LogP contribution in [0.5, 0.6) is 0 Å². The number of nitrogens with one attached hydrogen (secondary N) is 1. The molecule has 0 bridgehead atoms. The van der Waals surface area contributed by atoms with Crippen LogP contribution in [0.4, 0.5) is 0 Å². The van der Waals surface area contributed by atoms with Crippen LogP contribution in [0.2, 0.25) is 0 Å². The van der Waals surface area contributed by atoms with Crippen LogP contribution in [-0.4, -0.2) is 42.5 Å². The van der Waals surface area contributed by atoms with Crippen LogP contribution >= 0.6 is 11.3 Å². The maximum absolute atomic E-state index is 12.8. The SMILES string of the molecule is Cc1ccc(S(=O)(=O)N(C)Cc2ccc(C(=O)N/N=C(\CCC(=O)O)c3cccs3)cc2)cc1. The summed E-state index contributed by atoms with van der Waals surface area (Å²) in [6, 6.07) is 16.9. The zero-order valence-electron chi connectivity index (χ0n) is 18.8. The summed E-state index contributed by atoms with van der Waals surface area (Å²) < 4.78 is 26.8. The molecule has 1 aromatic heterocycles. The van der Waals surface area contributed by atoms with Crippen molar-refractivity contribution in [3.05, 3.63) is 87.6 Å². The van der Waals surface area contributed by atoms with Crippen LogP contribution in [0.25, 0.3) is 0 Å². The minimum atomic E-state index is -3.64. The number of hydrogen-bond acceptors (Lipinski definition) is 6. The number of hydrogen-bond donors (Lipinski definition) is 2. The lowest BCUT2D eigenvalue weighted by Gasteiger charge is -2.17. The van der Waals surface area contributed by atoms with E-state index in [9.17, 15) is 18.0 Å². The Kier molecular flexibility index (Phi) is 8.32. The lowest BCUT2D eigenvalue weighted by molar-refractivity contribution is -0.136. The van der Waals surface area contributed by atoms with Crippen LogP contribution in [-0.2, 0) is 21.4 Å². The third kappa shape index (κ3) is 6.60. The van der Waals surface area contributed by atoms with Crippen molar-refractivity contribution in [2.24, 2.45) is 5.10 Å². The minimum Gasteiger partial charge on any atom is -0.481 e. The van der Waals surface area contributed by atoms with E-state index in [1.54, 1.807) is 48.5 Å². The predicted octanol–water partition coefficient (Wildman–Crippen LogP) is 3.88. The molecule has 0 spiro atoms. The fraction of sp³-hybridized carbons (Fsp3) is 0.208. The minimum absolute atomic E-state index is 0.0969. The van der Waals surface area contributed by atoms with E-state index < -0.39 is 21.9 Å². The highest BCUT2D eigenvalue weighted by Gasteiger charge is 2.20. The maximum atomic E-state index is 12.8. The average Bonchev–Trinajstić information content (AvgIpc) is 3.34. The molecule has 0 radical (unpaired) electrons. The quantitative estimate of drug-likeness (QED) is 0.324. The molecule has 0 saturated heterocycles. The molecule has 0 unspecified atom stereocenters. The summed E-state index contributed by atoms with van der Waals surface area (Å²) in [5.41, 5.74) is 5.01. The number of hydrazone groups is 1. The Balaban J connectivity index is 1.66. The first kappa shape index (κ1) is 25.3. The first-order valence-corrected chi connectivity index (χ1v) is 12.7. The Bertz CT molecular complexity index is 1270. The monoisotopic (exact) mass is 499 g/mol. The third-order valence-corrected chi connectivity index (χ3v) is 7.76.